The van der Waals surface area contributed by atoms with Gasteiger partial charge in [-0.2, -0.15) is 13.2 Å². The van der Waals surface area contributed by atoms with Gasteiger partial charge in [0.25, 0.3) is 0 Å². The Morgan fingerprint density at radius 1 is 1.14 bits per heavy atom. The molecule has 118 valence electrons. The van der Waals surface area contributed by atoms with E-state index in [0.29, 0.717) is 13.1 Å². The van der Waals surface area contributed by atoms with Crippen molar-refractivity contribution in [3.8, 4) is 0 Å². The molecule has 1 aromatic rings. The summed E-state index contributed by atoms with van der Waals surface area (Å²) in [4.78, 5) is 2.05. The fourth-order valence-electron chi connectivity index (χ4n) is 2.70. The van der Waals surface area contributed by atoms with Crippen LogP contribution in [0.15, 0.2) is 24.3 Å². The van der Waals surface area contributed by atoms with Crippen LogP contribution < -0.4 is 10.2 Å². The van der Waals surface area contributed by atoms with Gasteiger partial charge in [-0.1, -0.05) is 19.1 Å². The van der Waals surface area contributed by atoms with Gasteiger partial charge in [0.15, 0.2) is 0 Å². The van der Waals surface area contributed by atoms with Gasteiger partial charge in [0.1, 0.15) is 0 Å². The second-order valence-corrected chi connectivity index (χ2v) is 5.65. The molecular weight excluding hydrogens is 277 g/mol. The first kappa shape index (κ1) is 16.1. The maximum Gasteiger partial charge on any atom is 0.391 e. The highest BCUT2D eigenvalue weighted by atomic mass is 19.4. The molecule has 1 fully saturated rings. The van der Waals surface area contributed by atoms with Gasteiger partial charge in [-0.25, -0.2) is 0 Å². The van der Waals surface area contributed by atoms with Gasteiger partial charge in [-0.15, -0.1) is 0 Å². The Labute approximate surface area is 124 Å². The first-order valence-electron chi connectivity index (χ1n) is 7.62. The van der Waals surface area contributed by atoms with E-state index in [2.05, 4.69) is 12.2 Å². The smallest absolute Gasteiger partial charge is 0.372 e. The van der Waals surface area contributed by atoms with Crippen molar-refractivity contribution in [2.45, 2.75) is 38.9 Å². The Bertz CT molecular complexity index is 420. The quantitative estimate of drug-likeness (QED) is 0.828. The third kappa shape index (κ3) is 4.63. The molecule has 1 N–H and O–H groups in total. The summed E-state index contributed by atoms with van der Waals surface area (Å²) >= 11 is 0. The standard InChI is InChI=1S/C16H23F3N2/c1-2-9-20-12-13-3-5-15(6-4-13)21-10-7-14(8-11-21)16(17,18)19/h3-6,14,20H,2,7-12H2,1H3. The van der Waals surface area contributed by atoms with Gasteiger partial charge in [0.05, 0.1) is 5.92 Å². The van der Waals surface area contributed by atoms with E-state index in [1.54, 1.807) is 0 Å². The van der Waals surface area contributed by atoms with Crippen LogP contribution in [0.1, 0.15) is 31.7 Å². The number of hydrogen-bond donors (Lipinski definition) is 1. The number of anilines is 1. The molecule has 1 aliphatic rings. The molecule has 0 spiro atoms. The monoisotopic (exact) mass is 300 g/mol. The molecule has 0 amide bonds. The largest absolute Gasteiger partial charge is 0.391 e. The lowest BCUT2D eigenvalue weighted by Gasteiger charge is -2.34. The molecule has 21 heavy (non-hydrogen) atoms. The van der Waals surface area contributed by atoms with Gasteiger partial charge in [-0.3, -0.25) is 0 Å². The van der Waals surface area contributed by atoms with Crippen molar-refractivity contribution in [1.82, 2.24) is 5.32 Å². The van der Waals surface area contributed by atoms with Crippen molar-refractivity contribution < 1.29 is 13.2 Å². The first-order valence-corrected chi connectivity index (χ1v) is 7.62. The lowest BCUT2D eigenvalue weighted by atomic mass is 9.96. The molecular formula is C16H23F3N2. The van der Waals surface area contributed by atoms with E-state index in [-0.39, 0.29) is 12.8 Å². The lowest BCUT2D eigenvalue weighted by molar-refractivity contribution is -0.179. The van der Waals surface area contributed by atoms with Gasteiger partial charge >= 0.3 is 6.18 Å². The van der Waals surface area contributed by atoms with Crippen molar-refractivity contribution in [3.05, 3.63) is 29.8 Å². The summed E-state index contributed by atoms with van der Waals surface area (Å²) in [5.74, 6) is -1.13. The molecule has 0 saturated carbocycles. The molecule has 2 rings (SSSR count). The molecule has 1 aliphatic heterocycles. The third-order valence-corrected chi connectivity index (χ3v) is 4.02. The van der Waals surface area contributed by atoms with Crippen molar-refractivity contribution >= 4 is 5.69 Å². The minimum Gasteiger partial charge on any atom is -0.372 e. The zero-order valence-electron chi connectivity index (χ0n) is 12.4. The lowest BCUT2D eigenvalue weighted by Crippen LogP contribution is -2.38. The fourth-order valence-corrected chi connectivity index (χ4v) is 2.70. The summed E-state index contributed by atoms with van der Waals surface area (Å²) in [7, 11) is 0. The van der Waals surface area contributed by atoms with Crippen LogP contribution in [0.3, 0.4) is 0 Å². The zero-order chi connectivity index (χ0) is 15.3. The fraction of sp³-hybridized carbons (Fsp3) is 0.625. The van der Waals surface area contributed by atoms with Crippen LogP contribution in [-0.2, 0) is 6.54 Å². The highest BCUT2D eigenvalue weighted by molar-refractivity contribution is 5.48. The predicted molar refractivity (Wildman–Crippen MR) is 79.4 cm³/mol. The molecule has 0 radical (unpaired) electrons. The Hall–Kier alpha value is -1.23. The highest BCUT2D eigenvalue weighted by Crippen LogP contribution is 2.35. The number of piperidine rings is 1. The number of alkyl halides is 3. The van der Waals surface area contributed by atoms with Crippen molar-refractivity contribution in [1.29, 1.82) is 0 Å². The van der Waals surface area contributed by atoms with Gasteiger partial charge in [0.2, 0.25) is 0 Å². The van der Waals surface area contributed by atoms with Gasteiger partial charge in [0, 0.05) is 25.3 Å². The first-order chi connectivity index (χ1) is 10.0. The van der Waals surface area contributed by atoms with Crippen LogP contribution in [0.4, 0.5) is 18.9 Å². The summed E-state index contributed by atoms with van der Waals surface area (Å²) in [5, 5.41) is 3.33. The van der Waals surface area contributed by atoms with E-state index in [0.717, 1.165) is 25.2 Å². The average Bonchev–Trinajstić information content (AvgIpc) is 2.48. The number of halogens is 3. The Kier molecular flexibility index (Phi) is 5.51. The van der Waals surface area contributed by atoms with Crippen LogP contribution in [0.5, 0.6) is 0 Å². The molecule has 0 aliphatic carbocycles. The Balaban J connectivity index is 1.86. The normalized spacial score (nSPS) is 17.2. The Morgan fingerprint density at radius 2 is 1.76 bits per heavy atom. The van der Waals surface area contributed by atoms with Gasteiger partial charge in [-0.05, 0) is 43.5 Å². The van der Waals surface area contributed by atoms with E-state index in [4.69, 9.17) is 0 Å². The maximum absolute atomic E-state index is 12.6. The molecule has 2 nitrogen and oxygen atoms in total. The SMILES string of the molecule is CCCNCc1ccc(N2CCC(C(F)(F)F)CC2)cc1. The second kappa shape index (κ2) is 7.16. The minimum atomic E-state index is -4.04. The highest BCUT2D eigenvalue weighted by Gasteiger charge is 2.41. The summed E-state index contributed by atoms with van der Waals surface area (Å²) in [6, 6.07) is 8.12. The Morgan fingerprint density at radius 3 is 2.29 bits per heavy atom. The van der Waals surface area contributed by atoms with E-state index in [1.807, 2.05) is 29.2 Å². The molecule has 0 aromatic heterocycles. The number of benzene rings is 1. The van der Waals surface area contributed by atoms with Crippen LogP contribution >= 0.6 is 0 Å². The molecule has 1 heterocycles. The minimum absolute atomic E-state index is 0.198. The molecule has 1 aromatic carbocycles. The van der Waals surface area contributed by atoms with Crippen LogP contribution in [0.2, 0.25) is 0 Å². The van der Waals surface area contributed by atoms with E-state index in [1.165, 1.54) is 5.56 Å². The molecule has 0 atom stereocenters. The van der Waals surface area contributed by atoms with Crippen molar-refractivity contribution in [2.24, 2.45) is 5.92 Å². The molecule has 0 bridgehead atoms. The summed E-state index contributed by atoms with van der Waals surface area (Å²) < 4.78 is 37.9. The zero-order valence-corrected chi connectivity index (χ0v) is 12.4. The number of nitrogens with zero attached hydrogens (tertiary/aromatic N) is 1. The topological polar surface area (TPSA) is 15.3 Å². The van der Waals surface area contributed by atoms with Gasteiger partial charge < -0.3 is 10.2 Å². The average molecular weight is 300 g/mol. The van der Waals surface area contributed by atoms with E-state index >= 15 is 0 Å². The van der Waals surface area contributed by atoms with Crippen LogP contribution in [0.25, 0.3) is 0 Å². The van der Waals surface area contributed by atoms with E-state index in [9.17, 15) is 13.2 Å². The van der Waals surface area contributed by atoms with Crippen LogP contribution in [-0.4, -0.2) is 25.8 Å². The molecule has 0 unspecified atom stereocenters. The molecule has 1 saturated heterocycles. The maximum atomic E-state index is 12.6. The number of hydrogen-bond acceptors (Lipinski definition) is 2. The summed E-state index contributed by atoms with van der Waals surface area (Å²) in [6.45, 7) is 4.92. The predicted octanol–water partition coefficient (Wildman–Crippen LogP) is 3.96. The van der Waals surface area contributed by atoms with Crippen molar-refractivity contribution in [2.75, 3.05) is 24.5 Å². The summed E-state index contributed by atoms with van der Waals surface area (Å²) in [6.07, 6.45) is -2.54. The van der Waals surface area contributed by atoms with Crippen LogP contribution in [0, 0.1) is 5.92 Å². The van der Waals surface area contributed by atoms with Crippen molar-refractivity contribution in [3.63, 3.8) is 0 Å². The second-order valence-electron chi connectivity index (χ2n) is 5.65. The molecule has 5 heteroatoms. The third-order valence-electron chi connectivity index (χ3n) is 4.02. The number of nitrogens with one attached hydrogen (secondary N) is 1. The summed E-state index contributed by atoms with van der Waals surface area (Å²) in [5.41, 5.74) is 2.23. The number of rotatable bonds is 5. The van der Waals surface area contributed by atoms with E-state index < -0.39 is 12.1 Å².